The van der Waals surface area contributed by atoms with Gasteiger partial charge in [0.25, 0.3) is 0 Å². The third kappa shape index (κ3) is 5.60. The van der Waals surface area contributed by atoms with E-state index < -0.39 is 5.60 Å². The van der Waals surface area contributed by atoms with Crippen LogP contribution in [-0.2, 0) is 4.74 Å². The lowest BCUT2D eigenvalue weighted by atomic mass is 9.94. The van der Waals surface area contributed by atoms with Crippen LogP contribution in [0.1, 0.15) is 37.9 Å². The molecule has 1 fully saturated rings. The van der Waals surface area contributed by atoms with Gasteiger partial charge in [-0.1, -0.05) is 36.4 Å². The summed E-state index contributed by atoms with van der Waals surface area (Å²) in [6, 6.07) is 20.4. The maximum Gasteiger partial charge on any atom is 0.410 e. The third-order valence-electron chi connectivity index (χ3n) is 6.71. The molecule has 2 aromatic carbocycles. The van der Waals surface area contributed by atoms with Crippen molar-refractivity contribution in [2.75, 3.05) is 33.3 Å². The second kappa shape index (κ2) is 10.8. The molecule has 5 rings (SSSR count). The number of aromatic nitrogens is 2. The molecule has 2 aromatic heterocycles. The van der Waals surface area contributed by atoms with Crippen LogP contribution in [-0.4, -0.2) is 65.0 Å². The van der Waals surface area contributed by atoms with Crippen molar-refractivity contribution in [1.29, 1.82) is 0 Å². The van der Waals surface area contributed by atoms with E-state index in [2.05, 4.69) is 51.5 Å². The zero-order chi connectivity index (χ0) is 26.7. The Kier molecular flexibility index (Phi) is 7.24. The van der Waals surface area contributed by atoms with E-state index in [0.29, 0.717) is 26.2 Å². The third-order valence-corrected chi connectivity index (χ3v) is 6.71. The molecule has 1 unspecified atom stereocenters. The van der Waals surface area contributed by atoms with Crippen molar-refractivity contribution in [1.82, 2.24) is 20.0 Å². The number of H-pyrrole nitrogens is 1. The highest BCUT2D eigenvalue weighted by molar-refractivity contribution is 5.68. The zero-order valence-corrected chi connectivity index (χ0v) is 22.3. The lowest BCUT2D eigenvalue weighted by molar-refractivity contribution is 0.0119. The molecule has 1 atom stereocenters. The number of aromatic amines is 1. The van der Waals surface area contributed by atoms with Crippen LogP contribution in [0.3, 0.4) is 0 Å². The molecule has 1 aliphatic rings. The van der Waals surface area contributed by atoms with Crippen LogP contribution in [0, 0.1) is 0 Å². The average Bonchev–Trinajstić information content (AvgIpc) is 3.61. The van der Waals surface area contributed by atoms with Crippen LogP contribution < -0.4 is 4.74 Å². The van der Waals surface area contributed by atoms with Crippen molar-refractivity contribution in [3.05, 3.63) is 84.3 Å². The van der Waals surface area contributed by atoms with E-state index in [4.69, 9.17) is 13.9 Å². The molecule has 1 aliphatic heterocycles. The normalized spacial score (nSPS) is 15.3. The summed E-state index contributed by atoms with van der Waals surface area (Å²) in [5.74, 6) is 1.58. The predicted octanol–water partition coefficient (Wildman–Crippen LogP) is 5.99. The lowest BCUT2D eigenvalue weighted by Gasteiger charge is -2.39. The van der Waals surface area contributed by atoms with E-state index in [1.165, 1.54) is 0 Å². The first-order valence-electron chi connectivity index (χ1n) is 12.9. The van der Waals surface area contributed by atoms with Crippen LogP contribution in [0.4, 0.5) is 4.79 Å². The fourth-order valence-electron chi connectivity index (χ4n) is 4.84. The van der Waals surface area contributed by atoms with Gasteiger partial charge in [0.1, 0.15) is 17.0 Å². The van der Waals surface area contributed by atoms with E-state index in [9.17, 15) is 4.79 Å². The molecule has 8 nitrogen and oxygen atoms in total. The minimum atomic E-state index is -0.517. The molecular formula is C30H34N4O4. The van der Waals surface area contributed by atoms with Gasteiger partial charge in [-0.25, -0.2) is 4.79 Å². The van der Waals surface area contributed by atoms with Gasteiger partial charge in [-0.2, -0.15) is 5.10 Å². The molecule has 8 heteroatoms. The Labute approximate surface area is 223 Å². The van der Waals surface area contributed by atoms with Crippen molar-refractivity contribution >= 4 is 6.09 Å². The number of nitrogens with zero attached hydrogens (tertiary/aromatic N) is 3. The topological polar surface area (TPSA) is 83.8 Å². The van der Waals surface area contributed by atoms with Crippen molar-refractivity contribution in [3.8, 4) is 28.3 Å². The molecule has 0 radical (unpaired) electrons. The molecule has 1 saturated heterocycles. The van der Waals surface area contributed by atoms with Crippen LogP contribution in [0.2, 0.25) is 0 Å². The molecule has 38 heavy (non-hydrogen) atoms. The SMILES string of the molecule is COc1ccc(-c2ccc(C(c3cn[nH]c3-c3ccco3)N3CCN(C(=O)OC(C)(C)C)CC3)cc2)cc1. The Morgan fingerprint density at radius 2 is 1.63 bits per heavy atom. The molecule has 198 valence electrons. The van der Waals surface area contributed by atoms with E-state index in [0.717, 1.165) is 39.5 Å². The van der Waals surface area contributed by atoms with Crippen molar-refractivity contribution in [3.63, 3.8) is 0 Å². The Morgan fingerprint density at radius 1 is 0.974 bits per heavy atom. The van der Waals surface area contributed by atoms with Gasteiger partial charge in [0.05, 0.1) is 25.6 Å². The van der Waals surface area contributed by atoms with E-state index >= 15 is 0 Å². The first-order chi connectivity index (χ1) is 18.3. The van der Waals surface area contributed by atoms with Gasteiger partial charge in [0, 0.05) is 31.7 Å². The number of amides is 1. The number of hydrogen-bond acceptors (Lipinski definition) is 6. The van der Waals surface area contributed by atoms with Gasteiger partial charge >= 0.3 is 6.09 Å². The molecule has 0 bridgehead atoms. The van der Waals surface area contributed by atoms with Gasteiger partial charge in [-0.15, -0.1) is 0 Å². The number of carbonyl (C=O) groups is 1. The maximum atomic E-state index is 12.7. The highest BCUT2D eigenvalue weighted by Crippen LogP contribution is 2.36. The fourth-order valence-corrected chi connectivity index (χ4v) is 4.84. The number of methoxy groups -OCH3 is 1. The summed E-state index contributed by atoms with van der Waals surface area (Å²) in [6.45, 7) is 8.25. The minimum absolute atomic E-state index is 0.0699. The number of hydrogen-bond donors (Lipinski definition) is 1. The van der Waals surface area contributed by atoms with E-state index in [1.54, 1.807) is 18.3 Å². The highest BCUT2D eigenvalue weighted by atomic mass is 16.6. The number of furan rings is 1. The average molecular weight is 515 g/mol. The maximum absolute atomic E-state index is 12.7. The second-order valence-electron chi connectivity index (χ2n) is 10.4. The zero-order valence-electron chi connectivity index (χ0n) is 22.3. The summed E-state index contributed by atoms with van der Waals surface area (Å²) in [5.41, 5.74) is 4.76. The quantitative estimate of drug-likeness (QED) is 0.340. The van der Waals surface area contributed by atoms with Gasteiger partial charge in [0.15, 0.2) is 5.76 Å². The first-order valence-corrected chi connectivity index (χ1v) is 12.9. The van der Waals surface area contributed by atoms with Crippen LogP contribution in [0.25, 0.3) is 22.6 Å². The van der Waals surface area contributed by atoms with E-state index in [1.807, 2.05) is 51.2 Å². The number of carbonyl (C=O) groups excluding carboxylic acids is 1. The molecule has 3 heterocycles. The first kappa shape index (κ1) is 25.6. The highest BCUT2D eigenvalue weighted by Gasteiger charge is 2.32. The fraction of sp³-hybridized carbons (Fsp3) is 0.333. The molecule has 0 aliphatic carbocycles. The number of piperazine rings is 1. The van der Waals surface area contributed by atoms with Gasteiger partial charge in [0.2, 0.25) is 0 Å². The van der Waals surface area contributed by atoms with Crippen LogP contribution in [0.15, 0.2) is 77.5 Å². The Bertz CT molecular complexity index is 1330. The Balaban J connectivity index is 1.43. The largest absolute Gasteiger partial charge is 0.497 e. The standard InChI is InChI=1S/C30H34N4O4/c1-30(2,3)38-29(35)34-17-15-33(16-18-34)28(25-20-31-32-27(25)26-6-5-19-37-26)23-9-7-21(8-10-23)22-11-13-24(36-4)14-12-22/h5-14,19-20,28H,15-18H2,1-4H3,(H,31,32). The molecule has 0 saturated carbocycles. The Hall–Kier alpha value is -4.04. The Morgan fingerprint density at radius 3 is 2.21 bits per heavy atom. The number of ether oxygens (including phenoxy) is 2. The molecule has 1 N–H and O–H groups in total. The molecule has 1 amide bonds. The minimum Gasteiger partial charge on any atom is -0.497 e. The number of nitrogens with one attached hydrogen (secondary N) is 1. The summed E-state index contributed by atoms with van der Waals surface area (Å²) in [4.78, 5) is 16.8. The molecule has 4 aromatic rings. The summed E-state index contributed by atoms with van der Waals surface area (Å²) < 4.78 is 16.6. The van der Waals surface area contributed by atoms with Crippen LogP contribution >= 0.6 is 0 Å². The molecular weight excluding hydrogens is 480 g/mol. The van der Waals surface area contributed by atoms with Gasteiger partial charge in [-0.05, 0) is 61.7 Å². The second-order valence-corrected chi connectivity index (χ2v) is 10.4. The summed E-state index contributed by atoms with van der Waals surface area (Å²) in [7, 11) is 1.67. The number of benzene rings is 2. The van der Waals surface area contributed by atoms with Crippen molar-refractivity contribution < 1.29 is 18.7 Å². The predicted molar refractivity (Wildman–Crippen MR) is 146 cm³/mol. The van der Waals surface area contributed by atoms with Gasteiger partial charge < -0.3 is 18.8 Å². The van der Waals surface area contributed by atoms with E-state index in [-0.39, 0.29) is 12.1 Å². The van der Waals surface area contributed by atoms with Crippen molar-refractivity contribution in [2.45, 2.75) is 32.4 Å². The monoisotopic (exact) mass is 514 g/mol. The van der Waals surface area contributed by atoms with Gasteiger partial charge in [-0.3, -0.25) is 10.00 Å². The summed E-state index contributed by atoms with van der Waals surface area (Å²) in [6.07, 6.45) is 3.27. The smallest absolute Gasteiger partial charge is 0.410 e. The summed E-state index contributed by atoms with van der Waals surface area (Å²) >= 11 is 0. The number of rotatable bonds is 6. The van der Waals surface area contributed by atoms with Crippen molar-refractivity contribution in [2.24, 2.45) is 0 Å². The molecule has 0 spiro atoms. The summed E-state index contributed by atoms with van der Waals surface area (Å²) in [5, 5.41) is 7.51. The van der Waals surface area contributed by atoms with Crippen LogP contribution in [0.5, 0.6) is 5.75 Å². The lowest BCUT2D eigenvalue weighted by Crippen LogP contribution is -2.51.